The Hall–Kier alpha value is -4.42. The van der Waals surface area contributed by atoms with E-state index in [1.54, 1.807) is 105 Å². The monoisotopic (exact) mass is 575 g/mol. The average Bonchev–Trinajstić information content (AvgIpc) is 3.03. The van der Waals surface area contributed by atoms with Crippen molar-refractivity contribution in [3.05, 3.63) is 108 Å². The summed E-state index contributed by atoms with van der Waals surface area (Å²) in [5, 5.41) is 0. The van der Waals surface area contributed by atoms with E-state index in [-0.39, 0.29) is 11.1 Å². The molecule has 0 aliphatic carbocycles. The Kier molecular flexibility index (Phi) is 10.2. The fraction of sp³-hybridized carbons (Fsp3) is 0.290. The fourth-order valence-electron chi connectivity index (χ4n) is 4.54. The molecule has 11 nitrogen and oxygen atoms in total. The SMILES string of the molecule is C=[N+](C(C)NN)C(N)C1OC(OC(=O)c2ccccc2)C(C)C(OC(=O)c2ccccc2)C1OC(=O)c1ccccc1. The first-order valence-corrected chi connectivity index (χ1v) is 13.4. The molecule has 1 saturated heterocycles. The molecule has 0 amide bonds. The van der Waals surface area contributed by atoms with Crippen LogP contribution in [-0.2, 0) is 18.9 Å². The fourth-order valence-corrected chi connectivity index (χ4v) is 4.54. The Labute approximate surface area is 244 Å². The maximum Gasteiger partial charge on any atom is 0.340 e. The lowest BCUT2D eigenvalue weighted by Crippen LogP contribution is -2.65. The van der Waals surface area contributed by atoms with Crippen molar-refractivity contribution in [2.24, 2.45) is 17.5 Å². The third-order valence-corrected chi connectivity index (χ3v) is 7.08. The highest BCUT2D eigenvalue weighted by molar-refractivity contribution is 5.91. The molecule has 1 aliphatic rings. The van der Waals surface area contributed by atoms with E-state index in [1.807, 2.05) is 0 Å². The van der Waals surface area contributed by atoms with Crippen LogP contribution in [0.25, 0.3) is 0 Å². The number of nitrogens with zero attached hydrogens (tertiary/aromatic N) is 1. The molecule has 0 spiro atoms. The van der Waals surface area contributed by atoms with Crippen molar-refractivity contribution in [2.75, 3.05) is 0 Å². The number of rotatable bonds is 10. The van der Waals surface area contributed by atoms with Gasteiger partial charge in [-0.3, -0.25) is 11.6 Å². The number of nitrogens with one attached hydrogen (secondary N) is 1. The smallest absolute Gasteiger partial charge is 0.340 e. The first-order valence-electron chi connectivity index (χ1n) is 13.4. The van der Waals surface area contributed by atoms with E-state index in [2.05, 4.69) is 12.1 Å². The van der Waals surface area contributed by atoms with Gasteiger partial charge in [0.2, 0.25) is 18.6 Å². The number of hydrazine groups is 1. The van der Waals surface area contributed by atoms with Crippen LogP contribution >= 0.6 is 0 Å². The van der Waals surface area contributed by atoms with Gasteiger partial charge in [-0.15, -0.1) is 0 Å². The van der Waals surface area contributed by atoms with E-state index in [0.29, 0.717) is 5.56 Å². The highest BCUT2D eigenvalue weighted by Crippen LogP contribution is 2.34. The molecule has 7 atom stereocenters. The molecule has 0 bridgehead atoms. The van der Waals surface area contributed by atoms with Crippen molar-refractivity contribution in [1.29, 1.82) is 0 Å². The summed E-state index contributed by atoms with van der Waals surface area (Å²) in [6, 6.07) is 25.1. The van der Waals surface area contributed by atoms with Crippen LogP contribution in [0.4, 0.5) is 0 Å². The molecule has 220 valence electrons. The second-order valence-corrected chi connectivity index (χ2v) is 9.92. The molecule has 1 aliphatic heterocycles. The molecule has 0 saturated carbocycles. The predicted octanol–water partition coefficient (Wildman–Crippen LogP) is 2.46. The molecule has 11 heteroatoms. The molecule has 3 aromatic carbocycles. The van der Waals surface area contributed by atoms with Gasteiger partial charge < -0.3 is 18.9 Å². The molecular weight excluding hydrogens is 540 g/mol. The summed E-state index contributed by atoms with van der Waals surface area (Å²) in [4.78, 5) is 39.6. The van der Waals surface area contributed by atoms with Crippen molar-refractivity contribution in [2.45, 2.75) is 50.8 Å². The highest BCUT2D eigenvalue weighted by Gasteiger charge is 2.54. The van der Waals surface area contributed by atoms with E-state index in [0.717, 1.165) is 0 Å². The number of esters is 3. The van der Waals surface area contributed by atoms with Gasteiger partial charge in [0.05, 0.1) is 22.6 Å². The average molecular weight is 576 g/mol. The molecule has 1 fully saturated rings. The number of hydrogen-bond acceptors (Lipinski definition) is 10. The number of ether oxygens (including phenoxy) is 4. The normalized spacial score (nSPS) is 23.2. The Morgan fingerprint density at radius 2 is 1.19 bits per heavy atom. The minimum Gasteiger partial charge on any atom is -0.454 e. The predicted molar refractivity (Wildman–Crippen MR) is 153 cm³/mol. The molecule has 0 radical (unpaired) electrons. The van der Waals surface area contributed by atoms with Crippen LogP contribution < -0.4 is 17.0 Å². The molecule has 3 aromatic rings. The maximum atomic E-state index is 13.3. The summed E-state index contributed by atoms with van der Waals surface area (Å²) in [5.41, 5.74) is 10.00. The Balaban J connectivity index is 1.73. The Bertz CT molecular complexity index is 1370. The van der Waals surface area contributed by atoms with Crippen molar-refractivity contribution >= 4 is 24.6 Å². The van der Waals surface area contributed by atoms with Crippen molar-refractivity contribution in [3.8, 4) is 0 Å². The third kappa shape index (κ3) is 7.07. The third-order valence-electron chi connectivity index (χ3n) is 7.08. The maximum absolute atomic E-state index is 13.3. The summed E-state index contributed by atoms with van der Waals surface area (Å²) in [6.45, 7) is 7.35. The lowest BCUT2D eigenvalue weighted by atomic mass is 9.90. The molecule has 42 heavy (non-hydrogen) atoms. The van der Waals surface area contributed by atoms with E-state index in [4.69, 9.17) is 30.5 Å². The van der Waals surface area contributed by atoms with Gasteiger partial charge in [0.1, 0.15) is 6.72 Å². The van der Waals surface area contributed by atoms with Crippen LogP contribution in [0.1, 0.15) is 44.9 Å². The topological polar surface area (TPSA) is 155 Å². The van der Waals surface area contributed by atoms with Crippen LogP contribution in [0, 0.1) is 5.92 Å². The quantitative estimate of drug-likeness (QED) is 0.0624. The summed E-state index contributed by atoms with van der Waals surface area (Å²) in [6.07, 6.45) is -6.38. The highest BCUT2D eigenvalue weighted by atomic mass is 16.7. The van der Waals surface area contributed by atoms with Crippen molar-refractivity contribution in [1.82, 2.24) is 5.43 Å². The molecule has 1 heterocycles. The molecule has 5 N–H and O–H groups in total. The standard InChI is InChI=1S/C31H35N4O7/c1-19-24(39-28(36)21-13-7-4-8-14-21)25(40-29(37)22-15-9-5-10-16-22)26(27(32)35(3)20(2)34-33)41-31(19)42-30(38)23-17-11-6-12-18-23/h4-20,24-27,31,34H,3,32-33H2,1-2H3/q+1. The Morgan fingerprint density at radius 1 is 0.786 bits per heavy atom. The van der Waals surface area contributed by atoms with Crippen LogP contribution in [0.3, 0.4) is 0 Å². The van der Waals surface area contributed by atoms with Gasteiger partial charge >= 0.3 is 17.9 Å². The second-order valence-electron chi connectivity index (χ2n) is 9.92. The number of carbonyl (C=O) groups excluding carboxylic acids is 3. The molecule has 4 rings (SSSR count). The van der Waals surface area contributed by atoms with Gasteiger partial charge in [-0.1, -0.05) is 61.5 Å². The van der Waals surface area contributed by atoms with Gasteiger partial charge in [0, 0.05) is 6.92 Å². The summed E-state index contributed by atoms with van der Waals surface area (Å²) in [5.74, 6) is 2.82. The lowest BCUT2D eigenvalue weighted by molar-refractivity contribution is -0.610. The second kappa shape index (κ2) is 14.0. The van der Waals surface area contributed by atoms with Crippen LogP contribution in [0.5, 0.6) is 0 Å². The summed E-state index contributed by atoms with van der Waals surface area (Å²) >= 11 is 0. The van der Waals surface area contributed by atoms with E-state index >= 15 is 0 Å². The first-order chi connectivity index (χ1) is 20.2. The first kappa shape index (κ1) is 30.5. The minimum atomic E-state index is -1.23. The van der Waals surface area contributed by atoms with Gasteiger partial charge in [-0.2, -0.15) is 5.43 Å². The number of benzene rings is 3. The number of carbonyl (C=O) groups is 3. The molecule has 0 aromatic heterocycles. The zero-order chi connectivity index (χ0) is 30.2. The zero-order valence-corrected chi connectivity index (χ0v) is 23.4. The van der Waals surface area contributed by atoms with Crippen molar-refractivity contribution in [3.63, 3.8) is 0 Å². The van der Waals surface area contributed by atoms with Crippen molar-refractivity contribution < 1.29 is 37.9 Å². The number of nitrogens with two attached hydrogens (primary N) is 2. The van der Waals surface area contributed by atoms with Crippen LogP contribution in [0.2, 0.25) is 0 Å². The van der Waals surface area contributed by atoms with E-state index in [1.165, 1.54) is 4.58 Å². The van der Waals surface area contributed by atoms with Gasteiger partial charge in [-0.05, 0) is 36.4 Å². The van der Waals surface area contributed by atoms with Gasteiger partial charge in [-0.25, -0.2) is 19.0 Å². The largest absolute Gasteiger partial charge is 0.454 e. The summed E-state index contributed by atoms with van der Waals surface area (Å²) in [7, 11) is 0. The molecule has 7 unspecified atom stereocenters. The zero-order valence-electron chi connectivity index (χ0n) is 23.4. The van der Waals surface area contributed by atoms with Gasteiger partial charge in [0.15, 0.2) is 18.3 Å². The Morgan fingerprint density at radius 3 is 1.62 bits per heavy atom. The van der Waals surface area contributed by atoms with E-state index < -0.39 is 60.8 Å². The number of hydrogen-bond donors (Lipinski definition) is 3. The minimum absolute atomic E-state index is 0.270. The van der Waals surface area contributed by atoms with Crippen LogP contribution in [0.15, 0.2) is 91.0 Å². The lowest BCUT2D eigenvalue weighted by Gasteiger charge is -2.44. The van der Waals surface area contributed by atoms with Crippen LogP contribution in [-0.4, -0.2) is 66.1 Å². The molecular formula is C31H35N4O7+. The summed E-state index contributed by atoms with van der Waals surface area (Å²) < 4.78 is 25.4. The van der Waals surface area contributed by atoms with E-state index in [9.17, 15) is 14.4 Å². The van der Waals surface area contributed by atoms with Gasteiger partial charge in [0.25, 0.3) is 0 Å².